The molecule has 3 rings (SSSR count). The lowest BCUT2D eigenvalue weighted by atomic mass is 10.1. The number of nitriles is 1. The van der Waals surface area contributed by atoms with E-state index in [1.165, 1.54) is 30.4 Å². The Kier molecular flexibility index (Phi) is 5.15. The molecule has 3 aromatic rings. The van der Waals surface area contributed by atoms with E-state index in [1.54, 1.807) is 36.4 Å². The molecule has 0 saturated carbocycles. The van der Waals surface area contributed by atoms with E-state index in [0.717, 1.165) is 0 Å². The lowest BCUT2D eigenvalue weighted by Crippen LogP contribution is -1.93. The fraction of sp³-hybridized carbons (Fsp3) is 0. The average Bonchev–Trinajstić information content (AvgIpc) is 3.14. The maximum absolute atomic E-state index is 12.2. The van der Waals surface area contributed by atoms with Crippen LogP contribution in [0, 0.1) is 21.4 Å². The zero-order valence-electron chi connectivity index (χ0n) is 13.8. The molecule has 132 valence electrons. The Morgan fingerprint density at radius 2 is 1.89 bits per heavy atom. The first kappa shape index (κ1) is 18.1. The van der Waals surface area contributed by atoms with E-state index in [1.807, 2.05) is 6.07 Å². The third-order valence-corrected chi connectivity index (χ3v) is 4.07. The lowest BCUT2D eigenvalue weighted by molar-refractivity contribution is -0.384. The number of nitro benzene ring substituents is 1. The van der Waals surface area contributed by atoms with Crippen LogP contribution in [0.1, 0.15) is 21.7 Å². The molecule has 6 nitrogen and oxygen atoms in total. The molecule has 0 fully saturated rings. The molecule has 2 aromatic carbocycles. The predicted octanol–water partition coefficient (Wildman–Crippen LogP) is 5.28. The Labute approximate surface area is 159 Å². The molecule has 0 radical (unpaired) electrons. The molecule has 7 heteroatoms. The molecule has 0 bridgehead atoms. The van der Waals surface area contributed by atoms with Crippen LogP contribution in [-0.4, -0.2) is 10.7 Å². The van der Waals surface area contributed by atoms with Crippen LogP contribution in [0.5, 0.6) is 0 Å². The number of hydrogen-bond acceptors (Lipinski definition) is 5. The van der Waals surface area contributed by atoms with Crippen molar-refractivity contribution < 1.29 is 14.1 Å². The van der Waals surface area contributed by atoms with Crippen LogP contribution in [0.4, 0.5) is 5.69 Å². The number of nitro groups is 1. The number of rotatable bonds is 5. The van der Waals surface area contributed by atoms with Crippen LogP contribution in [-0.2, 0) is 0 Å². The van der Waals surface area contributed by atoms with Gasteiger partial charge in [0.05, 0.1) is 21.6 Å². The van der Waals surface area contributed by atoms with Crippen molar-refractivity contribution in [2.24, 2.45) is 0 Å². The number of carbonyl (C=O) groups excluding carboxylic acids is 1. The molecule has 0 aliphatic heterocycles. The minimum atomic E-state index is -0.527. The van der Waals surface area contributed by atoms with E-state index < -0.39 is 4.92 Å². The average molecular weight is 379 g/mol. The first-order chi connectivity index (χ1) is 13.0. The van der Waals surface area contributed by atoms with Gasteiger partial charge in [-0.15, -0.1) is 0 Å². The molecule has 0 unspecified atom stereocenters. The highest BCUT2D eigenvalue weighted by atomic mass is 35.5. The van der Waals surface area contributed by atoms with Gasteiger partial charge in [-0.05, 0) is 54.6 Å². The fourth-order valence-corrected chi connectivity index (χ4v) is 2.64. The number of ketones is 1. The van der Waals surface area contributed by atoms with E-state index in [4.69, 9.17) is 21.3 Å². The predicted molar refractivity (Wildman–Crippen MR) is 100 cm³/mol. The van der Waals surface area contributed by atoms with Crippen LogP contribution in [0.3, 0.4) is 0 Å². The molecular formula is C20H11ClN2O4. The van der Waals surface area contributed by atoms with Crippen LogP contribution >= 0.6 is 11.6 Å². The van der Waals surface area contributed by atoms with Crippen molar-refractivity contribution in [3.63, 3.8) is 0 Å². The van der Waals surface area contributed by atoms with E-state index in [0.29, 0.717) is 28.2 Å². The standard InChI is InChI=1S/C20H11ClN2O4/c21-18-11-15(23(25)26)5-8-17(18)20-10-7-16(27-20)6-9-19(24)14-3-1-13(12-22)2-4-14/h1-11H/b9-6+. The Balaban J connectivity index is 1.77. The molecule has 0 aliphatic rings. The number of benzene rings is 2. The highest BCUT2D eigenvalue weighted by Crippen LogP contribution is 2.32. The van der Waals surface area contributed by atoms with Crippen molar-refractivity contribution in [1.29, 1.82) is 5.26 Å². The summed E-state index contributed by atoms with van der Waals surface area (Å²) in [4.78, 5) is 22.4. The summed E-state index contributed by atoms with van der Waals surface area (Å²) in [5, 5.41) is 19.7. The molecule has 1 heterocycles. The zero-order valence-corrected chi connectivity index (χ0v) is 14.5. The summed E-state index contributed by atoms with van der Waals surface area (Å²) in [7, 11) is 0. The summed E-state index contributed by atoms with van der Waals surface area (Å²) in [6.45, 7) is 0. The van der Waals surface area contributed by atoms with Gasteiger partial charge in [-0.2, -0.15) is 5.26 Å². The number of allylic oxidation sites excluding steroid dienone is 1. The van der Waals surface area contributed by atoms with E-state index in [2.05, 4.69) is 0 Å². The molecule has 0 atom stereocenters. The van der Waals surface area contributed by atoms with Gasteiger partial charge in [0.15, 0.2) is 5.78 Å². The Morgan fingerprint density at radius 3 is 2.52 bits per heavy atom. The minimum Gasteiger partial charge on any atom is -0.457 e. The molecule has 0 amide bonds. The van der Waals surface area contributed by atoms with Crippen molar-refractivity contribution in [1.82, 2.24) is 0 Å². The van der Waals surface area contributed by atoms with Gasteiger partial charge in [-0.3, -0.25) is 14.9 Å². The molecular weight excluding hydrogens is 368 g/mol. The van der Waals surface area contributed by atoms with Crippen LogP contribution in [0.2, 0.25) is 5.02 Å². The quantitative estimate of drug-likeness (QED) is 0.260. The summed E-state index contributed by atoms with van der Waals surface area (Å²) >= 11 is 6.09. The smallest absolute Gasteiger partial charge is 0.270 e. The minimum absolute atomic E-state index is 0.108. The number of carbonyl (C=O) groups is 1. The number of nitrogens with zero attached hydrogens (tertiary/aromatic N) is 2. The second-order valence-corrected chi connectivity index (χ2v) is 5.92. The van der Waals surface area contributed by atoms with Crippen LogP contribution < -0.4 is 0 Å². The summed E-state index contributed by atoms with van der Waals surface area (Å²) in [6, 6.07) is 15.7. The molecule has 0 saturated heterocycles. The number of halogens is 1. The second kappa shape index (κ2) is 7.68. The van der Waals surface area contributed by atoms with Gasteiger partial charge in [-0.1, -0.05) is 11.6 Å². The van der Waals surface area contributed by atoms with Crippen molar-refractivity contribution in [3.05, 3.63) is 92.7 Å². The third-order valence-electron chi connectivity index (χ3n) is 3.75. The fourth-order valence-electron chi connectivity index (χ4n) is 2.37. The second-order valence-electron chi connectivity index (χ2n) is 5.51. The summed E-state index contributed by atoms with van der Waals surface area (Å²) in [6.07, 6.45) is 2.88. The van der Waals surface area contributed by atoms with Crippen LogP contribution in [0.25, 0.3) is 17.4 Å². The lowest BCUT2D eigenvalue weighted by Gasteiger charge is -2.00. The Bertz CT molecular complexity index is 1090. The molecule has 27 heavy (non-hydrogen) atoms. The topological polar surface area (TPSA) is 97.1 Å². The maximum Gasteiger partial charge on any atom is 0.270 e. The van der Waals surface area contributed by atoms with Crippen LogP contribution in [0.15, 0.2) is 65.1 Å². The number of hydrogen-bond donors (Lipinski definition) is 0. The number of furan rings is 1. The summed E-state index contributed by atoms with van der Waals surface area (Å²) in [5.41, 5.74) is 1.34. The third kappa shape index (κ3) is 4.11. The maximum atomic E-state index is 12.2. The van der Waals surface area contributed by atoms with Gasteiger partial charge in [0.25, 0.3) is 5.69 Å². The normalized spacial score (nSPS) is 10.7. The van der Waals surface area contributed by atoms with Crippen molar-refractivity contribution in [2.75, 3.05) is 0 Å². The SMILES string of the molecule is N#Cc1ccc(C(=O)/C=C/c2ccc(-c3ccc([N+](=O)[O-])cc3Cl)o2)cc1. The van der Waals surface area contributed by atoms with Gasteiger partial charge in [0.2, 0.25) is 0 Å². The molecule has 1 aromatic heterocycles. The van der Waals surface area contributed by atoms with Gasteiger partial charge >= 0.3 is 0 Å². The molecule has 0 aliphatic carbocycles. The first-order valence-corrected chi connectivity index (χ1v) is 8.12. The Morgan fingerprint density at radius 1 is 1.15 bits per heavy atom. The van der Waals surface area contributed by atoms with E-state index in [-0.39, 0.29) is 16.5 Å². The number of non-ortho nitro benzene ring substituents is 1. The monoisotopic (exact) mass is 378 g/mol. The van der Waals surface area contributed by atoms with E-state index >= 15 is 0 Å². The highest BCUT2D eigenvalue weighted by Gasteiger charge is 2.13. The Hall–Kier alpha value is -3.69. The largest absolute Gasteiger partial charge is 0.457 e. The van der Waals surface area contributed by atoms with Gasteiger partial charge in [0, 0.05) is 23.3 Å². The summed E-state index contributed by atoms with van der Waals surface area (Å²) < 4.78 is 5.64. The van der Waals surface area contributed by atoms with Crippen molar-refractivity contribution >= 4 is 29.1 Å². The van der Waals surface area contributed by atoms with Crippen molar-refractivity contribution in [3.8, 4) is 17.4 Å². The summed E-state index contributed by atoms with van der Waals surface area (Å²) in [5.74, 6) is 0.632. The van der Waals surface area contributed by atoms with Crippen molar-refractivity contribution in [2.45, 2.75) is 0 Å². The first-order valence-electron chi connectivity index (χ1n) is 7.74. The van der Waals surface area contributed by atoms with Gasteiger partial charge in [0.1, 0.15) is 11.5 Å². The van der Waals surface area contributed by atoms with E-state index in [9.17, 15) is 14.9 Å². The molecule has 0 spiro atoms. The van der Waals surface area contributed by atoms with Gasteiger partial charge < -0.3 is 4.42 Å². The van der Waals surface area contributed by atoms with Gasteiger partial charge in [-0.25, -0.2) is 0 Å². The molecule has 0 N–H and O–H groups in total. The highest BCUT2D eigenvalue weighted by molar-refractivity contribution is 6.33. The zero-order chi connectivity index (χ0) is 19.4.